The van der Waals surface area contributed by atoms with E-state index in [1.165, 1.54) is 19.1 Å². The van der Waals surface area contributed by atoms with E-state index in [1.54, 1.807) is 32.0 Å². The molecule has 18 heteroatoms. The number of nitrogens with two attached hydrogens (primary N) is 1. The molecule has 1 saturated heterocycles. The van der Waals surface area contributed by atoms with E-state index in [4.69, 9.17) is 24.3 Å². The summed E-state index contributed by atoms with van der Waals surface area (Å²) >= 11 is 0. The van der Waals surface area contributed by atoms with Crippen molar-refractivity contribution in [1.29, 1.82) is 0 Å². The van der Waals surface area contributed by atoms with E-state index in [1.807, 2.05) is 0 Å². The van der Waals surface area contributed by atoms with E-state index >= 15 is 4.39 Å². The van der Waals surface area contributed by atoms with Crippen molar-refractivity contribution in [2.75, 3.05) is 17.7 Å². The molecular weight excluding hydrogens is 610 g/mol. The minimum atomic E-state index is -4.50. The maximum absolute atomic E-state index is 16.2. The van der Waals surface area contributed by atoms with Gasteiger partial charge in [-0.2, -0.15) is 15.1 Å². The molecule has 6 atom stereocenters. The fraction of sp³-hybridized carbons (Fsp3) is 0.538. The average molecular weight is 644 g/mol. The first kappa shape index (κ1) is 31.9. The third-order valence-corrected chi connectivity index (χ3v) is 8.51. The highest BCUT2D eigenvalue weighted by atomic mass is 31.2. The van der Waals surface area contributed by atoms with Gasteiger partial charge in [-0.1, -0.05) is 18.2 Å². The van der Waals surface area contributed by atoms with Gasteiger partial charge in [-0.15, -0.1) is 0 Å². The lowest BCUT2D eigenvalue weighted by Crippen LogP contribution is -2.49. The number of nitrogen functional groups attached to an aromatic ring is 1. The number of para-hydroxylation sites is 1. The molecule has 2 aromatic heterocycles. The van der Waals surface area contributed by atoms with Gasteiger partial charge in [-0.25, -0.2) is 22.7 Å². The number of hydrogen-bond acceptors (Lipinski definition) is 12. The Hall–Kier alpha value is -3.50. The Bertz CT molecular complexity index is 1530. The molecule has 240 valence electrons. The first-order valence-corrected chi connectivity index (χ1v) is 15.4. The third-order valence-electron chi connectivity index (χ3n) is 6.87. The van der Waals surface area contributed by atoms with Crippen LogP contribution in [0.5, 0.6) is 5.75 Å². The van der Waals surface area contributed by atoms with Crippen LogP contribution in [-0.2, 0) is 23.4 Å². The van der Waals surface area contributed by atoms with Crippen LogP contribution in [0.1, 0.15) is 39.8 Å². The molecule has 1 unspecified atom stereocenters. The number of imidazole rings is 1. The quantitative estimate of drug-likeness (QED) is 0.157. The van der Waals surface area contributed by atoms with Crippen molar-refractivity contribution in [3.63, 3.8) is 0 Å². The molecule has 44 heavy (non-hydrogen) atoms. The second-order valence-corrected chi connectivity index (χ2v) is 12.5. The number of aliphatic hydroxyl groups excluding tert-OH is 1. The van der Waals surface area contributed by atoms with Crippen LogP contribution >= 0.6 is 7.75 Å². The number of halogens is 3. The Morgan fingerprint density at radius 1 is 1.25 bits per heavy atom. The van der Waals surface area contributed by atoms with Crippen molar-refractivity contribution < 1.29 is 46.2 Å². The zero-order valence-electron chi connectivity index (χ0n) is 24.0. The van der Waals surface area contributed by atoms with E-state index < -0.39 is 63.0 Å². The fourth-order valence-electron chi connectivity index (χ4n) is 4.55. The molecule has 3 aromatic rings. The van der Waals surface area contributed by atoms with E-state index in [9.17, 15) is 23.2 Å². The van der Waals surface area contributed by atoms with Crippen molar-refractivity contribution >= 4 is 36.6 Å². The first-order chi connectivity index (χ1) is 20.8. The number of aliphatic hydroxyl groups is 1. The third kappa shape index (κ3) is 6.61. The maximum Gasteiger partial charge on any atom is 0.459 e. The van der Waals surface area contributed by atoms with Gasteiger partial charge < -0.3 is 30.2 Å². The molecule has 5 rings (SSSR count). The summed E-state index contributed by atoms with van der Waals surface area (Å²) in [5.41, 5.74) is 2.17. The molecule has 0 spiro atoms. The van der Waals surface area contributed by atoms with Crippen LogP contribution in [0.4, 0.5) is 24.9 Å². The highest BCUT2D eigenvalue weighted by Crippen LogP contribution is 2.50. The van der Waals surface area contributed by atoms with Gasteiger partial charge in [0.2, 0.25) is 11.6 Å². The van der Waals surface area contributed by atoms with E-state index in [2.05, 4.69) is 25.4 Å². The summed E-state index contributed by atoms with van der Waals surface area (Å²) in [7, 11) is -4.50. The Balaban J connectivity index is 1.41. The smallest absolute Gasteiger partial charge is 0.459 e. The van der Waals surface area contributed by atoms with Crippen LogP contribution in [0.2, 0.25) is 0 Å². The highest BCUT2D eigenvalue weighted by Gasteiger charge is 2.64. The lowest BCUT2D eigenvalue weighted by molar-refractivity contribution is -0.149. The summed E-state index contributed by atoms with van der Waals surface area (Å²) in [6, 6.07) is 6.67. The van der Waals surface area contributed by atoms with Gasteiger partial charge in [0.1, 0.15) is 24.0 Å². The number of hydrogen-bond donors (Lipinski definition) is 4. The van der Waals surface area contributed by atoms with Crippen LogP contribution in [0.15, 0.2) is 36.7 Å². The molecule has 0 amide bonds. The number of fused-ring (bicyclic) bond motifs is 1. The Morgan fingerprint density at radius 3 is 2.59 bits per heavy atom. The maximum atomic E-state index is 16.2. The molecule has 2 fully saturated rings. The van der Waals surface area contributed by atoms with Gasteiger partial charge in [0.15, 0.2) is 23.2 Å². The van der Waals surface area contributed by atoms with Gasteiger partial charge in [0.05, 0.1) is 19.0 Å². The molecule has 1 aromatic carbocycles. The molecule has 1 aliphatic heterocycles. The SMILES string of the molecule is CC(C)OC(=O)[C@H](C)NP(=O)(OC[C@H]1O[C@@H](n2cnc3c(NC4CC4)nc(N)nc32)[C@@](F)(C(F)F)[C@@H]1O)Oc1ccccc1. The molecule has 3 heterocycles. The van der Waals surface area contributed by atoms with Crippen molar-refractivity contribution in [1.82, 2.24) is 24.6 Å². The number of nitrogens with zero attached hydrogens (tertiary/aromatic N) is 4. The summed E-state index contributed by atoms with van der Waals surface area (Å²) in [6.45, 7) is 3.70. The number of rotatable bonds is 13. The van der Waals surface area contributed by atoms with Crippen molar-refractivity contribution in [3.8, 4) is 5.75 Å². The predicted octanol–water partition coefficient (Wildman–Crippen LogP) is 3.35. The van der Waals surface area contributed by atoms with E-state index in [0.717, 1.165) is 23.7 Å². The Kier molecular flexibility index (Phi) is 9.05. The number of carbonyl (C=O) groups is 1. The summed E-state index contributed by atoms with van der Waals surface area (Å²) in [5.74, 6) is -0.688. The van der Waals surface area contributed by atoms with Crippen LogP contribution in [0, 0.1) is 0 Å². The van der Waals surface area contributed by atoms with Crippen molar-refractivity contribution in [3.05, 3.63) is 36.7 Å². The predicted molar refractivity (Wildman–Crippen MR) is 151 cm³/mol. The van der Waals surface area contributed by atoms with Gasteiger partial charge in [0.25, 0.3) is 6.43 Å². The largest absolute Gasteiger partial charge is 0.462 e. The molecule has 14 nitrogen and oxygen atoms in total. The van der Waals surface area contributed by atoms with Crippen LogP contribution in [0.3, 0.4) is 0 Å². The number of anilines is 2. The Morgan fingerprint density at radius 2 is 1.95 bits per heavy atom. The summed E-state index contributed by atoms with van der Waals surface area (Å²) < 4.78 is 81.3. The lowest BCUT2D eigenvalue weighted by Gasteiger charge is -2.28. The summed E-state index contributed by atoms with van der Waals surface area (Å²) in [4.78, 5) is 24.7. The molecule has 0 radical (unpaired) electrons. The molecule has 5 N–H and O–H groups in total. The zero-order valence-corrected chi connectivity index (χ0v) is 24.9. The van der Waals surface area contributed by atoms with Crippen molar-refractivity contribution in [2.45, 2.75) is 82.3 Å². The van der Waals surface area contributed by atoms with Crippen LogP contribution in [0.25, 0.3) is 11.2 Å². The summed E-state index contributed by atoms with van der Waals surface area (Å²) in [6.07, 6.45) is -7.83. The van der Waals surface area contributed by atoms with Crippen molar-refractivity contribution in [2.24, 2.45) is 0 Å². The normalized spacial score (nSPS) is 25.7. The van der Waals surface area contributed by atoms with Gasteiger partial charge in [0, 0.05) is 6.04 Å². The number of ether oxygens (including phenoxy) is 2. The molecular formula is C26H33F3N7O7P. The topological polar surface area (TPSA) is 185 Å². The van der Waals surface area contributed by atoms with Crippen LogP contribution in [-0.4, -0.2) is 79.7 Å². The fourth-order valence-corrected chi connectivity index (χ4v) is 6.06. The average Bonchev–Trinajstić information content (AvgIpc) is 3.61. The molecule has 0 bridgehead atoms. The second-order valence-electron chi connectivity index (χ2n) is 10.8. The molecule has 1 saturated carbocycles. The number of nitrogens with one attached hydrogen (secondary N) is 2. The highest BCUT2D eigenvalue weighted by molar-refractivity contribution is 7.52. The minimum Gasteiger partial charge on any atom is -0.462 e. The number of esters is 1. The van der Waals surface area contributed by atoms with E-state index in [-0.39, 0.29) is 34.7 Å². The number of carbonyl (C=O) groups excluding carboxylic acids is 1. The van der Waals surface area contributed by atoms with Gasteiger partial charge in [-0.3, -0.25) is 13.9 Å². The van der Waals surface area contributed by atoms with Crippen LogP contribution < -0.4 is 20.7 Å². The van der Waals surface area contributed by atoms with Gasteiger partial charge in [-0.05, 0) is 45.7 Å². The Labute approximate surface area is 250 Å². The number of benzene rings is 1. The number of aromatic nitrogens is 4. The minimum absolute atomic E-state index is 0.0729. The second kappa shape index (κ2) is 12.5. The zero-order chi connectivity index (χ0) is 31.8. The summed E-state index contributed by atoms with van der Waals surface area (Å²) in [5, 5.41) is 16.4. The molecule has 1 aliphatic carbocycles. The number of alkyl halides is 3. The van der Waals surface area contributed by atoms with E-state index in [0.29, 0.717) is 0 Å². The molecule has 2 aliphatic rings. The lowest BCUT2D eigenvalue weighted by atomic mass is 9.96. The standard InChI is InChI=1S/C26H33F3N7O7P/c1-13(2)41-22(38)14(3)35-44(39,43-16-7-5-4-6-8-16)40-11-17-19(37)26(29,23(27)28)24(42-17)36-12-31-18-20(32-15-9-10-15)33-25(30)34-21(18)36/h4-8,12-15,17,19,23-24,37H,9-11H2,1-3H3,(H,35,39)(H3,30,32,33,34)/t14-,17+,19+,24+,26-,44?/m0/s1. The first-order valence-electron chi connectivity index (χ1n) is 13.9. The van der Waals surface area contributed by atoms with Gasteiger partial charge >= 0.3 is 13.7 Å². The monoisotopic (exact) mass is 643 g/mol.